The second-order valence-corrected chi connectivity index (χ2v) is 6.46. The number of hydrogen-bond donors (Lipinski definition) is 1. The average Bonchev–Trinajstić information content (AvgIpc) is 2.95. The summed E-state index contributed by atoms with van der Waals surface area (Å²) in [5, 5.41) is 4.82. The van der Waals surface area contributed by atoms with Gasteiger partial charge in [0.2, 0.25) is 4.80 Å². The number of thiazole rings is 1. The highest BCUT2D eigenvalue weighted by atomic mass is 32.1. The molecule has 0 aliphatic rings. The lowest BCUT2D eigenvalue weighted by atomic mass is 10.2. The Labute approximate surface area is 145 Å². The molecule has 0 unspecified atom stereocenters. The Morgan fingerprint density at radius 1 is 1.16 bits per heavy atom. The first-order chi connectivity index (χ1) is 12.1. The Hall–Kier alpha value is -3.19. The van der Waals surface area contributed by atoms with Crippen molar-refractivity contribution in [2.75, 3.05) is 0 Å². The van der Waals surface area contributed by atoms with Crippen LogP contribution in [-0.2, 0) is 7.05 Å². The minimum Gasteiger partial charge on any atom is -0.422 e. The van der Waals surface area contributed by atoms with Crippen molar-refractivity contribution in [2.24, 2.45) is 12.1 Å². The molecule has 0 atom stereocenters. The molecule has 1 N–H and O–H groups in total. The number of carbonyl (C=O) groups is 1. The maximum absolute atomic E-state index is 12.3. The fourth-order valence-electron chi connectivity index (χ4n) is 2.57. The molecular formula is C18H13N3O3S. The molecule has 0 spiro atoms. The van der Waals surface area contributed by atoms with Gasteiger partial charge in [0.1, 0.15) is 11.1 Å². The van der Waals surface area contributed by atoms with E-state index in [4.69, 9.17) is 4.42 Å². The third kappa shape index (κ3) is 2.74. The molecule has 1 amide bonds. The molecule has 2 heterocycles. The quantitative estimate of drug-likeness (QED) is 0.445. The highest BCUT2D eigenvalue weighted by molar-refractivity contribution is 7.16. The second-order valence-electron chi connectivity index (χ2n) is 5.45. The van der Waals surface area contributed by atoms with Crippen molar-refractivity contribution in [3.05, 3.63) is 75.4 Å². The summed E-state index contributed by atoms with van der Waals surface area (Å²) in [5.74, 6) is -0.600. The number of para-hydroxylation sites is 2. The molecule has 0 fully saturated rings. The van der Waals surface area contributed by atoms with Gasteiger partial charge in [-0.15, -0.1) is 5.10 Å². The highest BCUT2D eigenvalue weighted by Crippen LogP contribution is 2.15. The van der Waals surface area contributed by atoms with E-state index < -0.39 is 11.5 Å². The van der Waals surface area contributed by atoms with E-state index in [0.717, 1.165) is 10.2 Å². The van der Waals surface area contributed by atoms with E-state index in [1.54, 1.807) is 18.2 Å². The molecule has 4 aromatic rings. The van der Waals surface area contributed by atoms with Gasteiger partial charge >= 0.3 is 5.63 Å². The van der Waals surface area contributed by atoms with Crippen molar-refractivity contribution >= 4 is 38.4 Å². The minimum atomic E-state index is -0.688. The number of fused-ring (bicyclic) bond motifs is 2. The van der Waals surface area contributed by atoms with E-state index in [2.05, 4.69) is 10.5 Å². The zero-order valence-corrected chi connectivity index (χ0v) is 14.0. The number of carbonyl (C=O) groups excluding carboxylic acids is 1. The van der Waals surface area contributed by atoms with Crippen molar-refractivity contribution in [2.45, 2.75) is 0 Å². The van der Waals surface area contributed by atoms with Crippen molar-refractivity contribution in [3.8, 4) is 0 Å². The zero-order chi connectivity index (χ0) is 17.4. The molecule has 0 aliphatic carbocycles. The molecule has 124 valence electrons. The van der Waals surface area contributed by atoms with Gasteiger partial charge in [0, 0.05) is 12.4 Å². The van der Waals surface area contributed by atoms with Crippen molar-refractivity contribution in [3.63, 3.8) is 0 Å². The smallest absolute Gasteiger partial charge is 0.349 e. The van der Waals surface area contributed by atoms with Gasteiger partial charge in [-0.05, 0) is 24.3 Å². The molecule has 0 radical (unpaired) electrons. The third-order valence-electron chi connectivity index (χ3n) is 3.85. The van der Waals surface area contributed by atoms with Gasteiger partial charge in [0.25, 0.3) is 5.91 Å². The van der Waals surface area contributed by atoms with Crippen LogP contribution in [0.15, 0.2) is 68.9 Å². The Bertz CT molecular complexity index is 1230. The molecule has 7 heteroatoms. The lowest BCUT2D eigenvalue weighted by Gasteiger charge is -2.01. The topological polar surface area (TPSA) is 76.6 Å². The van der Waals surface area contributed by atoms with Gasteiger partial charge in [0.05, 0.1) is 10.2 Å². The van der Waals surface area contributed by atoms with Gasteiger partial charge in [-0.1, -0.05) is 41.7 Å². The molecule has 4 rings (SSSR count). The molecular weight excluding hydrogens is 338 g/mol. The van der Waals surface area contributed by atoms with Crippen molar-refractivity contribution in [1.29, 1.82) is 0 Å². The number of aromatic nitrogens is 1. The third-order valence-corrected chi connectivity index (χ3v) is 4.97. The SMILES string of the molecule is Cn1/c(=N/NC(=O)c2cc3ccccc3oc2=O)sc2ccccc21. The highest BCUT2D eigenvalue weighted by Gasteiger charge is 2.13. The van der Waals surface area contributed by atoms with E-state index in [1.807, 2.05) is 41.9 Å². The van der Waals surface area contributed by atoms with Gasteiger partial charge in [-0.3, -0.25) is 4.79 Å². The van der Waals surface area contributed by atoms with Crippen LogP contribution in [0.3, 0.4) is 0 Å². The average molecular weight is 351 g/mol. The maximum Gasteiger partial charge on any atom is 0.349 e. The number of aryl methyl sites for hydroxylation is 1. The summed E-state index contributed by atoms with van der Waals surface area (Å²) in [7, 11) is 1.87. The van der Waals surface area contributed by atoms with Crippen LogP contribution in [0.1, 0.15) is 10.4 Å². The number of rotatable bonds is 2. The summed E-state index contributed by atoms with van der Waals surface area (Å²) in [4.78, 5) is 25.0. The van der Waals surface area contributed by atoms with Gasteiger partial charge in [-0.25, -0.2) is 10.2 Å². The second kappa shape index (κ2) is 6.03. The van der Waals surface area contributed by atoms with E-state index >= 15 is 0 Å². The van der Waals surface area contributed by atoms with Crippen molar-refractivity contribution in [1.82, 2.24) is 9.99 Å². The van der Waals surface area contributed by atoms with Crippen LogP contribution in [0.2, 0.25) is 0 Å². The van der Waals surface area contributed by atoms with E-state index in [1.165, 1.54) is 17.4 Å². The normalized spacial score (nSPS) is 12.0. The molecule has 0 aliphatic heterocycles. The summed E-state index contributed by atoms with van der Waals surface area (Å²) < 4.78 is 8.11. The summed E-state index contributed by atoms with van der Waals surface area (Å²) in [6.07, 6.45) is 0. The van der Waals surface area contributed by atoms with Gasteiger partial charge < -0.3 is 8.98 Å². The van der Waals surface area contributed by atoms with Crippen molar-refractivity contribution < 1.29 is 9.21 Å². The van der Waals surface area contributed by atoms with Crippen LogP contribution < -0.4 is 15.9 Å². The van der Waals surface area contributed by atoms with Crippen LogP contribution in [0, 0.1) is 0 Å². The van der Waals surface area contributed by atoms with Crippen LogP contribution in [0.4, 0.5) is 0 Å². The molecule has 2 aromatic carbocycles. The summed E-state index contributed by atoms with van der Waals surface area (Å²) in [6.45, 7) is 0. The van der Waals surface area contributed by atoms with Crippen LogP contribution in [0.25, 0.3) is 21.2 Å². The minimum absolute atomic E-state index is 0.0776. The molecule has 0 bridgehead atoms. The first-order valence-electron chi connectivity index (χ1n) is 7.55. The van der Waals surface area contributed by atoms with E-state index in [9.17, 15) is 9.59 Å². The lowest BCUT2D eigenvalue weighted by Crippen LogP contribution is -2.27. The monoisotopic (exact) mass is 351 g/mol. The summed E-state index contributed by atoms with van der Waals surface area (Å²) in [5.41, 5.74) is 3.13. The number of nitrogens with zero attached hydrogens (tertiary/aromatic N) is 2. The Balaban J connectivity index is 1.71. The van der Waals surface area contributed by atoms with Crippen LogP contribution in [0.5, 0.6) is 0 Å². The number of hydrogen-bond acceptors (Lipinski definition) is 5. The summed E-state index contributed by atoms with van der Waals surface area (Å²) >= 11 is 1.45. The van der Waals surface area contributed by atoms with Gasteiger partial charge in [-0.2, -0.15) is 0 Å². The number of benzene rings is 2. The number of amides is 1. The van der Waals surface area contributed by atoms with E-state index in [-0.39, 0.29) is 5.56 Å². The molecule has 0 saturated heterocycles. The number of nitrogens with one attached hydrogen (secondary N) is 1. The molecule has 2 aromatic heterocycles. The molecule has 6 nitrogen and oxygen atoms in total. The first-order valence-corrected chi connectivity index (χ1v) is 8.36. The molecule has 25 heavy (non-hydrogen) atoms. The standard InChI is InChI=1S/C18H13N3O3S/c1-21-13-7-3-5-9-15(13)25-18(21)20-19-16(22)12-10-11-6-2-4-8-14(11)24-17(12)23/h2-10H,1H3,(H,19,22)/b20-18-. The maximum atomic E-state index is 12.3. The van der Waals surface area contributed by atoms with Crippen LogP contribution >= 0.6 is 11.3 Å². The molecule has 0 saturated carbocycles. The predicted molar refractivity (Wildman–Crippen MR) is 96.3 cm³/mol. The Kier molecular flexibility index (Phi) is 3.70. The van der Waals surface area contributed by atoms with Crippen LogP contribution in [-0.4, -0.2) is 10.5 Å². The fraction of sp³-hybridized carbons (Fsp3) is 0.0556. The largest absolute Gasteiger partial charge is 0.422 e. The first kappa shape index (κ1) is 15.3. The summed E-state index contributed by atoms with van der Waals surface area (Å²) in [6, 6.07) is 16.4. The zero-order valence-electron chi connectivity index (χ0n) is 13.2. The Morgan fingerprint density at radius 2 is 1.92 bits per heavy atom. The lowest BCUT2D eigenvalue weighted by molar-refractivity contribution is 0.0949. The Morgan fingerprint density at radius 3 is 2.76 bits per heavy atom. The van der Waals surface area contributed by atoms with E-state index in [0.29, 0.717) is 15.8 Å². The van der Waals surface area contributed by atoms with Gasteiger partial charge in [0.15, 0.2) is 0 Å². The fourth-order valence-corrected chi connectivity index (χ4v) is 3.55. The predicted octanol–water partition coefficient (Wildman–Crippen LogP) is 2.59.